The van der Waals surface area contributed by atoms with E-state index in [2.05, 4.69) is 21.3 Å². The number of fused-ring (bicyclic) bond motifs is 11. The van der Waals surface area contributed by atoms with Crippen LogP contribution in [0.5, 0.6) is 5.75 Å². The first kappa shape index (κ1) is 37.2. The van der Waals surface area contributed by atoms with Gasteiger partial charge in [0.15, 0.2) is 0 Å². The molecule has 252 valence electrons. The maximum atomic E-state index is 13.5. The van der Waals surface area contributed by atoms with Gasteiger partial charge in [-0.3, -0.25) is 4.79 Å². The summed E-state index contributed by atoms with van der Waals surface area (Å²) in [4.78, 5) is 51.8. The van der Waals surface area contributed by atoms with E-state index in [4.69, 9.17) is 18.9 Å². The quantitative estimate of drug-likeness (QED) is 0.231. The van der Waals surface area contributed by atoms with Crippen LogP contribution in [0.15, 0.2) is 36.6 Å². The van der Waals surface area contributed by atoms with Crippen molar-refractivity contribution < 1.29 is 38.1 Å². The minimum absolute atomic E-state index is 0.0592. The number of carbonyl (C=O) groups is 4. The minimum Gasteiger partial charge on any atom is -0.499 e. The molecule has 3 rings (SSSR count). The van der Waals surface area contributed by atoms with Crippen molar-refractivity contribution in [1.29, 1.82) is 0 Å². The van der Waals surface area contributed by atoms with Crippen molar-refractivity contribution in [3.05, 3.63) is 42.2 Å². The predicted octanol–water partition coefficient (Wildman–Crippen LogP) is 4.37. The van der Waals surface area contributed by atoms with Crippen LogP contribution >= 0.6 is 0 Å². The molecule has 0 spiro atoms. The summed E-state index contributed by atoms with van der Waals surface area (Å²) in [7, 11) is 0. The van der Waals surface area contributed by atoms with E-state index in [9.17, 15) is 19.2 Å². The van der Waals surface area contributed by atoms with Crippen LogP contribution in [0.2, 0.25) is 0 Å². The van der Waals surface area contributed by atoms with Gasteiger partial charge in [-0.15, -0.1) is 0 Å². The van der Waals surface area contributed by atoms with Crippen LogP contribution in [0.4, 0.5) is 9.59 Å². The molecular weight excluding hydrogens is 580 g/mol. The summed E-state index contributed by atoms with van der Waals surface area (Å²) >= 11 is 0. The lowest BCUT2D eigenvalue weighted by Gasteiger charge is -2.27. The van der Waals surface area contributed by atoms with E-state index in [-0.39, 0.29) is 37.3 Å². The molecule has 0 radical (unpaired) electrons. The molecule has 2 heterocycles. The molecular formula is C33H52N4O8. The van der Waals surface area contributed by atoms with E-state index >= 15 is 0 Å². The zero-order valence-electron chi connectivity index (χ0n) is 28.0. The Kier molecular flexibility index (Phi) is 14.5. The number of carbonyl (C=O) groups excluding carboxylic acids is 4. The number of benzene rings is 1. The number of rotatable bonds is 9. The molecule has 4 N–H and O–H groups in total. The fourth-order valence-electron chi connectivity index (χ4n) is 4.22. The first-order valence-electron chi connectivity index (χ1n) is 15.6. The second kappa shape index (κ2) is 17.5. The highest BCUT2D eigenvalue weighted by Gasteiger charge is 2.30. The molecule has 2 aliphatic rings. The standard InChI is InChI=1S/C33H52N4O8/c1-22(2)27-21-42-18-11-19-43-24-15-13-23(14-16-24)20-26(28(38)35-27)37-30(40)36-25(29(39)44-32(3,4)5)12-9-10-17-34-31(41)45-33(6,7)8/h11,13-16,18,22,25-27H,9-10,12,17,19-21H2,1-8H3,(H,34,41)(H,35,38)(H2,36,37,40)/b18-11+/t25?,26-,27-/m1/s1. The topological polar surface area (TPSA) is 153 Å². The van der Waals surface area contributed by atoms with Gasteiger partial charge < -0.3 is 40.2 Å². The Morgan fingerprint density at radius 1 is 1.00 bits per heavy atom. The fraction of sp³-hybridized carbons (Fsp3) is 0.636. The van der Waals surface area contributed by atoms with Crippen LogP contribution in [0.25, 0.3) is 0 Å². The largest absolute Gasteiger partial charge is 0.499 e. The molecule has 1 unspecified atom stereocenters. The second-order valence-electron chi connectivity index (χ2n) is 13.4. The molecule has 12 nitrogen and oxygen atoms in total. The van der Waals surface area contributed by atoms with Crippen molar-refractivity contribution in [2.24, 2.45) is 5.92 Å². The number of nitrogens with one attached hydrogen (secondary N) is 4. The number of urea groups is 1. The summed E-state index contributed by atoms with van der Waals surface area (Å²) in [6.45, 7) is 15.4. The first-order chi connectivity index (χ1) is 21.0. The van der Waals surface area contributed by atoms with Gasteiger partial charge in [-0.25, -0.2) is 14.4 Å². The Morgan fingerprint density at radius 2 is 1.67 bits per heavy atom. The lowest BCUT2D eigenvalue weighted by atomic mass is 10.0. The van der Waals surface area contributed by atoms with Crippen molar-refractivity contribution in [3.8, 4) is 5.75 Å². The summed E-state index contributed by atoms with van der Waals surface area (Å²) in [6, 6.07) is 4.35. The summed E-state index contributed by atoms with van der Waals surface area (Å²) in [5.74, 6) is -0.255. The molecule has 2 bridgehead atoms. The lowest BCUT2D eigenvalue weighted by molar-refractivity contribution is -0.157. The summed E-state index contributed by atoms with van der Waals surface area (Å²) in [5, 5.41) is 11.2. The third kappa shape index (κ3) is 15.6. The summed E-state index contributed by atoms with van der Waals surface area (Å²) < 4.78 is 22.1. The first-order valence-corrected chi connectivity index (χ1v) is 15.6. The van der Waals surface area contributed by atoms with Crippen LogP contribution in [-0.4, -0.2) is 73.1 Å². The van der Waals surface area contributed by atoms with Crippen LogP contribution in [0, 0.1) is 5.92 Å². The minimum atomic E-state index is -0.976. The predicted molar refractivity (Wildman–Crippen MR) is 171 cm³/mol. The summed E-state index contributed by atoms with van der Waals surface area (Å²) in [5.41, 5.74) is -0.564. The highest BCUT2D eigenvalue weighted by atomic mass is 16.6. The van der Waals surface area contributed by atoms with Crippen molar-refractivity contribution in [2.75, 3.05) is 19.8 Å². The third-order valence-corrected chi connectivity index (χ3v) is 6.52. The number of amides is 4. The summed E-state index contributed by atoms with van der Waals surface area (Å²) in [6.07, 6.45) is 4.28. The molecule has 0 aromatic heterocycles. The van der Waals surface area contributed by atoms with Gasteiger partial charge in [0.05, 0.1) is 12.3 Å². The molecule has 0 aliphatic carbocycles. The van der Waals surface area contributed by atoms with Gasteiger partial charge in [-0.1, -0.05) is 26.0 Å². The molecule has 1 aromatic carbocycles. The van der Waals surface area contributed by atoms with Crippen molar-refractivity contribution in [1.82, 2.24) is 21.3 Å². The van der Waals surface area contributed by atoms with E-state index in [0.29, 0.717) is 31.7 Å². The number of alkyl carbamates (subject to hydrolysis) is 1. The van der Waals surface area contributed by atoms with E-state index in [1.54, 1.807) is 66.0 Å². The number of unbranched alkanes of at least 4 members (excludes halogenated alkanes) is 1. The van der Waals surface area contributed by atoms with Crippen LogP contribution in [0.3, 0.4) is 0 Å². The average molecular weight is 633 g/mol. The molecule has 12 heteroatoms. The van der Waals surface area contributed by atoms with Gasteiger partial charge >= 0.3 is 18.1 Å². The average Bonchev–Trinajstić information content (AvgIpc) is 2.92. The zero-order chi connectivity index (χ0) is 33.6. The highest BCUT2D eigenvalue weighted by Crippen LogP contribution is 2.16. The van der Waals surface area contributed by atoms with E-state index in [0.717, 1.165) is 5.56 Å². The van der Waals surface area contributed by atoms with Gasteiger partial charge in [0.25, 0.3) is 0 Å². The maximum Gasteiger partial charge on any atom is 0.407 e. The second-order valence-corrected chi connectivity index (χ2v) is 13.4. The molecule has 1 aromatic rings. The monoisotopic (exact) mass is 632 g/mol. The van der Waals surface area contributed by atoms with Gasteiger partial charge in [0.1, 0.15) is 42.2 Å². The normalized spacial score (nSPS) is 19.0. The van der Waals surface area contributed by atoms with Gasteiger partial charge in [-0.05, 0) is 90.5 Å². The van der Waals surface area contributed by atoms with Gasteiger partial charge in [-0.2, -0.15) is 0 Å². The van der Waals surface area contributed by atoms with E-state index < -0.39 is 41.4 Å². The highest BCUT2D eigenvalue weighted by molar-refractivity contribution is 5.89. The molecule has 4 amide bonds. The molecule has 3 atom stereocenters. The molecule has 0 saturated carbocycles. The Morgan fingerprint density at radius 3 is 2.29 bits per heavy atom. The van der Waals surface area contributed by atoms with E-state index in [1.807, 2.05) is 26.0 Å². The number of hydrogen-bond donors (Lipinski definition) is 4. The van der Waals surface area contributed by atoms with Crippen LogP contribution in [0.1, 0.15) is 80.2 Å². The van der Waals surface area contributed by atoms with Crippen molar-refractivity contribution in [2.45, 2.75) is 110 Å². The Hall–Kier alpha value is -3.96. The van der Waals surface area contributed by atoms with Crippen LogP contribution in [-0.2, 0) is 30.2 Å². The van der Waals surface area contributed by atoms with Gasteiger partial charge in [0, 0.05) is 13.0 Å². The molecule has 2 aliphatic heterocycles. The lowest BCUT2D eigenvalue weighted by Crippen LogP contribution is -2.56. The molecule has 0 saturated heterocycles. The SMILES string of the molecule is CC(C)[C@H]1CO/C=C/COc2ccc(cc2)C[C@@H](NC(=O)NC(CCCCNC(=O)OC(C)(C)C)C(=O)OC(C)(C)C)C(=O)N1. The Balaban J connectivity index is 2.13. The fourth-order valence-corrected chi connectivity index (χ4v) is 4.22. The molecule has 0 fully saturated rings. The number of hydrogen-bond acceptors (Lipinski definition) is 8. The molecule has 45 heavy (non-hydrogen) atoms. The van der Waals surface area contributed by atoms with Crippen LogP contribution < -0.4 is 26.0 Å². The maximum absolute atomic E-state index is 13.5. The van der Waals surface area contributed by atoms with Crippen molar-refractivity contribution in [3.63, 3.8) is 0 Å². The van der Waals surface area contributed by atoms with E-state index in [1.165, 1.54) is 0 Å². The Bertz CT molecular complexity index is 1140. The number of esters is 1. The Labute approximate surface area is 267 Å². The smallest absolute Gasteiger partial charge is 0.407 e. The van der Waals surface area contributed by atoms with Crippen molar-refractivity contribution >= 4 is 24.0 Å². The third-order valence-electron chi connectivity index (χ3n) is 6.52. The zero-order valence-corrected chi connectivity index (χ0v) is 28.0. The number of ether oxygens (including phenoxy) is 4. The van der Waals surface area contributed by atoms with Gasteiger partial charge in [0.2, 0.25) is 5.91 Å².